The first-order valence-electron chi connectivity index (χ1n) is 12.6. The lowest BCUT2D eigenvalue weighted by atomic mass is 9.60. The SMILES string of the molecule is COCC#Cc1ccc(N2CCN(C(=O)OC(C)(C)C)CC2)c(C2CC(C)(C)CC(C)(C)C2)c1. The number of benzene rings is 1. The number of methoxy groups -OCH3 is 1. The Bertz CT molecular complexity index is 909. The van der Waals surface area contributed by atoms with Crippen LogP contribution >= 0.6 is 0 Å². The fourth-order valence-electron chi connectivity index (χ4n) is 5.98. The summed E-state index contributed by atoms with van der Waals surface area (Å²) < 4.78 is 10.7. The van der Waals surface area contributed by atoms with Crippen LogP contribution in [0.3, 0.4) is 0 Å². The lowest BCUT2D eigenvalue weighted by molar-refractivity contribution is 0.0240. The molecular formula is C29H44N2O3. The highest BCUT2D eigenvalue weighted by Crippen LogP contribution is 2.53. The molecule has 1 heterocycles. The molecule has 0 unspecified atom stereocenters. The van der Waals surface area contributed by atoms with Crippen molar-refractivity contribution in [1.29, 1.82) is 0 Å². The molecule has 0 N–H and O–H groups in total. The number of rotatable bonds is 3. The second-order valence-electron chi connectivity index (χ2n) is 12.6. The summed E-state index contributed by atoms with van der Waals surface area (Å²) in [6, 6.07) is 6.67. The summed E-state index contributed by atoms with van der Waals surface area (Å²) in [6.07, 6.45) is 3.38. The molecule has 0 spiro atoms. The third-order valence-electron chi connectivity index (χ3n) is 6.74. The minimum absolute atomic E-state index is 0.216. The van der Waals surface area contributed by atoms with E-state index in [9.17, 15) is 4.79 Å². The lowest BCUT2D eigenvalue weighted by Crippen LogP contribution is -2.50. The molecule has 5 nitrogen and oxygen atoms in total. The van der Waals surface area contributed by atoms with E-state index in [2.05, 4.69) is 62.6 Å². The number of carbonyl (C=O) groups excluding carboxylic acids is 1. The van der Waals surface area contributed by atoms with Crippen molar-refractivity contribution in [2.24, 2.45) is 10.8 Å². The van der Waals surface area contributed by atoms with E-state index in [-0.39, 0.29) is 6.09 Å². The molecule has 188 valence electrons. The number of hydrogen-bond acceptors (Lipinski definition) is 4. The van der Waals surface area contributed by atoms with Crippen molar-refractivity contribution in [3.05, 3.63) is 29.3 Å². The second-order valence-corrected chi connectivity index (χ2v) is 12.6. The summed E-state index contributed by atoms with van der Waals surface area (Å²) in [6.45, 7) is 18.8. The fraction of sp³-hybridized carbons (Fsp3) is 0.690. The normalized spacial score (nSPS) is 20.5. The van der Waals surface area contributed by atoms with Gasteiger partial charge in [0.2, 0.25) is 0 Å². The Hall–Kier alpha value is -2.19. The van der Waals surface area contributed by atoms with Crippen molar-refractivity contribution in [1.82, 2.24) is 4.90 Å². The quantitative estimate of drug-likeness (QED) is 0.506. The van der Waals surface area contributed by atoms with Gasteiger partial charge in [-0.15, -0.1) is 0 Å². The van der Waals surface area contributed by atoms with Crippen LogP contribution in [0.1, 0.15) is 84.8 Å². The predicted octanol–water partition coefficient (Wildman–Crippen LogP) is 6.06. The van der Waals surface area contributed by atoms with Crippen LogP contribution in [0.15, 0.2) is 18.2 Å². The van der Waals surface area contributed by atoms with Crippen LogP contribution < -0.4 is 4.90 Å². The Balaban J connectivity index is 1.86. The second kappa shape index (κ2) is 10.2. The standard InChI is InChI=1S/C29H44N2O3/c1-27(2,3)34-26(32)31-15-13-30(14-16-31)25-12-11-22(10-9-17-33-8)18-24(25)23-19-28(4,5)21-29(6,7)20-23/h11-12,18,23H,13-17,19-21H2,1-8H3. The van der Waals surface area contributed by atoms with Gasteiger partial charge >= 0.3 is 6.09 Å². The molecule has 0 atom stereocenters. The van der Waals surface area contributed by atoms with Crippen molar-refractivity contribution < 1.29 is 14.3 Å². The van der Waals surface area contributed by atoms with E-state index in [0.717, 1.165) is 18.7 Å². The first-order valence-corrected chi connectivity index (χ1v) is 12.6. The van der Waals surface area contributed by atoms with Crippen LogP contribution in [0.25, 0.3) is 0 Å². The number of nitrogens with zero attached hydrogens (tertiary/aromatic N) is 2. The Morgan fingerprint density at radius 2 is 1.68 bits per heavy atom. The molecular weight excluding hydrogens is 424 g/mol. The third kappa shape index (κ3) is 7.15. The number of piperazine rings is 1. The van der Waals surface area contributed by atoms with Crippen molar-refractivity contribution in [3.63, 3.8) is 0 Å². The first-order chi connectivity index (χ1) is 15.8. The van der Waals surface area contributed by atoms with Crippen LogP contribution in [0, 0.1) is 22.7 Å². The molecule has 2 fully saturated rings. The highest BCUT2D eigenvalue weighted by Gasteiger charge is 2.40. The maximum Gasteiger partial charge on any atom is 0.410 e. The van der Waals surface area contributed by atoms with Crippen molar-refractivity contribution in [2.45, 2.75) is 79.2 Å². The van der Waals surface area contributed by atoms with Gasteiger partial charge in [0.15, 0.2) is 0 Å². The highest BCUT2D eigenvalue weighted by molar-refractivity contribution is 5.69. The zero-order valence-electron chi connectivity index (χ0n) is 22.6. The maximum absolute atomic E-state index is 12.5. The fourth-order valence-corrected chi connectivity index (χ4v) is 5.98. The van der Waals surface area contributed by atoms with Gasteiger partial charge in [-0.2, -0.15) is 0 Å². The van der Waals surface area contributed by atoms with Crippen LogP contribution in [0.5, 0.6) is 0 Å². The maximum atomic E-state index is 12.5. The number of ether oxygens (including phenoxy) is 2. The molecule has 0 radical (unpaired) electrons. The molecule has 1 saturated carbocycles. The summed E-state index contributed by atoms with van der Waals surface area (Å²) in [7, 11) is 1.67. The van der Waals surface area contributed by atoms with Crippen LogP contribution in [-0.2, 0) is 9.47 Å². The Morgan fingerprint density at radius 1 is 1.06 bits per heavy atom. The predicted molar refractivity (Wildman–Crippen MR) is 139 cm³/mol. The third-order valence-corrected chi connectivity index (χ3v) is 6.74. The Labute approximate surface area is 207 Å². The molecule has 0 bridgehead atoms. The average molecular weight is 469 g/mol. The first kappa shape index (κ1) is 26.4. The van der Waals surface area contributed by atoms with Gasteiger partial charge in [-0.1, -0.05) is 39.5 Å². The monoisotopic (exact) mass is 468 g/mol. The summed E-state index contributed by atoms with van der Waals surface area (Å²) in [5.74, 6) is 6.87. The molecule has 1 saturated heterocycles. The van der Waals surface area contributed by atoms with Crippen molar-refractivity contribution in [2.75, 3.05) is 44.8 Å². The van der Waals surface area contributed by atoms with Gasteiger partial charge in [0, 0.05) is 44.5 Å². The summed E-state index contributed by atoms with van der Waals surface area (Å²) >= 11 is 0. The van der Waals surface area contributed by atoms with E-state index in [1.165, 1.54) is 30.5 Å². The lowest BCUT2D eigenvalue weighted by Gasteiger charge is -2.46. The molecule has 3 rings (SSSR count). The van der Waals surface area contributed by atoms with Crippen molar-refractivity contribution in [3.8, 4) is 11.8 Å². The smallest absolute Gasteiger partial charge is 0.410 e. The zero-order chi connectivity index (χ0) is 25.1. The molecule has 1 aromatic rings. The van der Waals surface area contributed by atoms with E-state index in [1.807, 2.05) is 25.7 Å². The largest absolute Gasteiger partial charge is 0.444 e. The van der Waals surface area contributed by atoms with Gasteiger partial charge in [-0.05, 0) is 80.5 Å². The average Bonchev–Trinajstić information content (AvgIpc) is 2.70. The van der Waals surface area contributed by atoms with Gasteiger partial charge in [0.25, 0.3) is 0 Å². The van der Waals surface area contributed by atoms with Gasteiger partial charge in [-0.25, -0.2) is 4.79 Å². The van der Waals surface area contributed by atoms with E-state index >= 15 is 0 Å². The van der Waals surface area contributed by atoms with Crippen LogP contribution in [0.2, 0.25) is 0 Å². The number of amides is 1. The molecule has 1 aromatic carbocycles. The molecule has 1 aliphatic heterocycles. The molecule has 2 aliphatic rings. The molecule has 5 heteroatoms. The van der Waals surface area contributed by atoms with E-state index < -0.39 is 5.60 Å². The summed E-state index contributed by atoms with van der Waals surface area (Å²) in [4.78, 5) is 16.8. The summed E-state index contributed by atoms with van der Waals surface area (Å²) in [5, 5.41) is 0. The van der Waals surface area contributed by atoms with E-state index in [0.29, 0.717) is 36.4 Å². The number of hydrogen-bond donors (Lipinski definition) is 0. The topological polar surface area (TPSA) is 42.0 Å². The zero-order valence-corrected chi connectivity index (χ0v) is 22.6. The molecule has 1 amide bonds. The van der Waals surface area contributed by atoms with Crippen LogP contribution in [0.4, 0.5) is 10.5 Å². The molecule has 1 aliphatic carbocycles. The molecule has 0 aromatic heterocycles. The number of carbonyl (C=O) groups is 1. The summed E-state index contributed by atoms with van der Waals surface area (Å²) in [5.41, 5.74) is 3.87. The molecule has 34 heavy (non-hydrogen) atoms. The van der Waals surface area contributed by atoms with Crippen LogP contribution in [-0.4, -0.2) is 56.5 Å². The van der Waals surface area contributed by atoms with Gasteiger partial charge < -0.3 is 19.3 Å². The van der Waals surface area contributed by atoms with Gasteiger partial charge in [-0.3, -0.25) is 0 Å². The van der Waals surface area contributed by atoms with Crippen molar-refractivity contribution >= 4 is 11.8 Å². The minimum atomic E-state index is -0.471. The highest BCUT2D eigenvalue weighted by atomic mass is 16.6. The van der Waals surface area contributed by atoms with E-state index in [4.69, 9.17) is 9.47 Å². The minimum Gasteiger partial charge on any atom is -0.444 e. The Kier molecular flexibility index (Phi) is 7.92. The van der Waals surface area contributed by atoms with Gasteiger partial charge in [0.05, 0.1) is 0 Å². The van der Waals surface area contributed by atoms with E-state index in [1.54, 1.807) is 7.11 Å². The number of anilines is 1. The van der Waals surface area contributed by atoms with Gasteiger partial charge in [0.1, 0.15) is 12.2 Å². The Morgan fingerprint density at radius 3 is 2.24 bits per heavy atom.